The van der Waals surface area contributed by atoms with Crippen LogP contribution in [0.15, 0.2) is 72.9 Å². The second kappa shape index (κ2) is 7.91. The van der Waals surface area contributed by atoms with Gasteiger partial charge in [0.05, 0.1) is 15.5 Å². The van der Waals surface area contributed by atoms with Crippen molar-refractivity contribution in [1.82, 2.24) is 0 Å². The minimum absolute atomic E-state index is 0.222. The molecule has 0 unspecified atom stereocenters. The fraction of sp³-hybridized carbons (Fsp3) is 0. The molecule has 6 heteroatoms. The number of esters is 1. The summed E-state index contributed by atoms with van der Waals surface area (Å²) in [4.78, 5) is 21.8. The molecule has 0 saturated heterocycles. The van der Waals surface area contributed by atoms with E-state index in [0.29, 0.717) is 11.1 Å². The van der Waals surface area contributed by atoms with Gasteiger partial charge in [-0.2, -0.15) is 0 Å². The highest BCUT2D eigenvalue weighted by Crippen LogP contribution is 2.29. The maximum Gasteiger partial charge on any atom is 0.343 e. The molecule has 0 N–H and O–H groups in total. The van der Waals surface area contributed by atoms with Gasteiger partial charge in [0.1, 0.15) is 5.75 Å². The van der Waals surface area contributed by atoms with E-state index in [4.69, 9.17) is 16.3 Å². The van der Waals surface area contributed by atoms with Gasteiger partial charge in [-0.25, -0.2) is 4.79 Å². The van der Waals surface area contributed by atoms with E-state index in [-0.39, 0.29) is 10.8 Å². The van der Waals surface area contributed by atoms with Crippen LogP contribution in [0, 0.1) is 10.1 Å². The second-order valence-electron chi connectivity index (χ2n) is 4.39. The Morgan fingerprint density at radius 1 is 1.09 bits per heavy atom. The molecule has 0 heterocycles. The van der Waals surface area contributed by atoms with Crippen LogP contribution in [-0.4, -0.2) is 10.9 Å². The number of hydrogen-bond donors (Lipinski definition) is 0. The molecule has 2 rings (SSSR count). The molecule has 0 bridgehead atoms. The van der Waals surface area contributed by atoms with Crippen molar-refractivity contribution in [2.24, 2.45) is 0 Å². The fourth-order valence-electron chi connectivity index (χ4n) is 1.77. The third-order valence-electron chi connectivity index (χ3n) is 2.81. The Bertz CT molecular complexity index is 769. The summed E-state index contributed by atoms with van der Waals surface area (Å²) >= 11 is 6.12. The van der Waals surface area contributed by atoms with Gasteiger partial charge in [0, 0.05) is 11.6 Å². The highest BCUT2D eigenvalue weighted by molar-refractivity contribution is 6.49. The molecule has 0 amide bonds. The molecule has 0 radical (unpaired) electrons. The molecule has 2 aromatic rings. The Balaban J connectivity index is 2.24. The maximum atomic E-state index is 12.1. The van der Waals surface area contributed by atoms with Crippen LogP contribution in [0.5, 0.6) is 5.75 Å². The van der Waals surface area contributed by atoms with E-state index in [0.717, 1.165) is 6.20 Å². The van der Waals surface area contributed by atoms with Crippen LogP contribution in [0.2, 0.25) is 0 Å². The lowest BCUT2D eigenvalue weighted by atomic mass is 10.1. The standard InChI is InChI=1S/C17H12ClNO4/c18-15(10-6-12-19(21)22)14-9-4-5-11-16(14)23-17(20)13-7-2-1-3-8-13/h1-12H/b12-6+,15-10-. The minimum Gasteiger partial charge on any atom is -0.422 e. The number of rotatable bonds is 5. The molecule has 5 nitrogen and oxygen atoms in total. The summed E-state index contributed by atoms with van der Waals surface area (Å²) < 4.78 is 5.36. The summed E-state index contributed by atoms with van der Waals surface area (Å²) in [5.74, 6) is -0.236. The van der Waals surface area contributed by atoms with Crippen LogP contribution in [-0.2, 0) is 0 Å². The van der Waals surface area contributed by atoms with Crippen LogP contribution in [0.1, 0.15) is 15.9 Å². The number of carbonyl (C=O) groups excluding carboxylic acids is 1. The Morgan fingerprint density at radius 2 is 1.74 bits per heavy atom. The number of carbonyl (C=O) groups is 1. The molecular weight excluding hydrogens is 318 g/mol. The smallest absolute Gasteiger partial charge is 0.343 e. The minimum atomic E-state index is -0.595. The Morgan fingerprint density at radius 3 is 2.43 bits per heavy atom. The van der Waals surface area contributed by atoms with Gasteiger partial charge in [-0.3, -0.25) is 10.1 Å². The van der Waals surface area contributed by atoms with Crippen molar-refractivity contribution >= 4 is 22.6 Å². The monoisotopic (exact) mass is 329 g/mol. The largest absolute Gasteiger partial charge is 0.422 e. The molecule has 0 aliphatic rings. The van der Waals surface area contributed by atoms with Crippen molar-refractivity contribution in [3.8, 4) is 5.75 Å². The van der Waals surface area contributed by atoms with Crippen molar-refractivity contribution in [2.45, 2.75) is 0 Å². The first kappa shape index (κ1) is 16.5. The summed E-state index contributed by atoms with van der Waals surface area (Å²) in [5.41, 5.74) is 0.877. The van der Waals surface area contributed by atoms with E-state index in [1.807, 2.05) is 0 Å². The number of hydrogen-bond acceptors (Lipinski definition) is 4. The normalized spacial score (nSPS) is 11.4. The first-order chi connectivity index (χ1) is 11.1. The molecule has 0 fully saturated rings. The number of nitro groups is 1. The van der Waals surface area contributed by atoms with E-state index in [1.54, 1.807) is 54.6 Å². The topological polar surface area (TPSA) is 69.4 Å². The molecule has 0 saturated carbocycles. The molecule has 0 aliphatic heterocycles. The summed E-state index contributed by atoms with van der Waals surface area (Å²) in [6.07, 6.45) is 3.33. The van der Waals surface area contributed by atoms with Gasteiger partial charge < -0.3 is 4.74 Å². The number of ether oxygens (including phenoxy) is 1. The second-order valence-corrected chi connectivity index (χ2v) is 4.80. The lowest BCUT2D eigenvalue weighted by molar-refractivity contribution is -0.402. The van der Waals surface area contributed by atoms with E-state index in [1.165, 1.54) is 12.2 Å². The number of allylic oxidation sites excluding steroid dienone is 2. The average molecular weight is 330 g/mol. The van der Waals surface area contributed by atoms with Gasteiger partial charge >= 0.3 is 5.97 Å². The predicted octanol–water partition coefficient (Wildman–Crippen LogP) is 4.28. The lowest BCUT2D eigenvalue weighted by Gasteiger charge is -2.09. The maximum absolute atomic E-state index is 12.1. The molecule has 116 valence electrons. The van der Waals surface area contributed by atoms with Crippen molar-refractivity contribution in [3.63, 3.8) is 0 Å². The van der Waals surface area contributed by atoms with Gasteiger partial charge in [-0.15, -0.1) is 0 Å². The molecule has 0 atom stereocenters. The lowest BCUT2D eigenvalue weighted by Crippen LogP contribution is -2.09. The van der Waals surface area contributed by atoms with Crippen LogP contribution >= 0.6 is 11.6 Å². The Kier molecular flexibility index (Phi) is 5.66. The molecule has 0 spiro atoms. The van der Waals surface area contributed by atoms with Crippen molar-refractivity contribution in [3.05, 3.63) is 94.2 Å². The Hall–Kier alpha value is -2.92. The molecular formula is C17H12ClNO4. The van der Waals surface area contributed by atoms with Crippen molar-refractivity contribution in [1.29, 1.82) is 0 Å². The SMILES string of the molecule is O=C(Oc1ccccc1/C(Cl)=C/C=C/[N+](=O)[O-])c1ccccc1. The van der Waals surface area contributed by atoms with E-state index in [9.17, 15) is 14.9 Å². The third kappa shape index (κ3) is 4.79. The average Bonchev–Trinajstić information content (AvgIpc) is 2.55. The van der Waals surface area contributed by atoms with Crippen LogP contribution in [0.3, 0.4) is 0 Å². The summed E-state index contributed by atoms with van der Waals surface area (Å²) in [7, 11) is 0. The first-order valence-corrected chi connectivity index (χ1v) is 7.00. The quantitative estimate of drug-likeness (QED) is 0.270. The van der Waals surface area contributed by atoms with E-state index >= 15 is 0 Å². The first-order valence-electron chi connectivity index (χ1n) is 6.62. The summed E-state index contributed by atoms with van der Waals surface area (Å²) in [5, 5.41) is 10.5. The van der Waals surface area contributed by atoms with Crippen LogP contribution < -0.4 is 4.74 Å². The van der Waals surface area contributed by atoms with Gasteiger partial charge in [-0.05, 0) is 30.3 Å². The molecule has 2 aromatic carbocycles. The fourth-order valence-corrected chi connectivity index (χ4v) is 2.00. The van der Waals surface area contributed by atoms with Crippen molar-refractivity contribution < 1.29 is 14.5 Å². The summed E-state index contributed by atoms with van der Waals surface area (Å²) in [6, 6.07) is 15.2. The molecule has 0 aromatic heterocycles. The van der Waals surface area contributed by atoms with Crippen LogP contribution in [0.25, 0.3) is 5.03 Å². The van der Waals surface area contributed by atoms with Crippen molar-refractivity contribution in [2.75, 3.05) is 0 Å². The van der Waals surface area contributed by atoms with Crippen LogP contribution in [0.4, 0.5) is 0 Å². The molecule has 23 heavy (non-hydrogen) atoms. The van der Waals surface area contributed by atoms with Gasteiger partial charge in [0.15, 0.2) is 0 Å². The zero-order valence-corrected chi connectivity index (χ0v) is 12.6. The van der Waals surface area contributed by atoms with Gasteiger partial charge in [0.25, 0.3) is 0 Å². The zero-order valence-electron chi connectivity index (χ0n) is 11.9. The number of para-hydroxylation sites is 1. The predicted molar refractivity (Wildman–Crippen MR) is 87.8 cm³/mol. The van der Waals surface area contributed by atoms with Gasteiger partial charge in [0.2, 0.25) is 6.20 Å². The number of benzene rings is 2. The van der Waals surface area contributed by atoms with Gasteiger partial charge in [-0.1, -0.05) is 41.9 Å². The number of nitrogens with zero attached hydrogens (tertiary/aromatic N) is 1. The van der Waals surface area contributed by atoms with E-state index in [2.05, 4.69) is 0 Å². The van der Waals surface area contributed by atoms with E-state index < -0.39 is 10.9 Å². The zero-order chi connectivity index (χ0) is 16.7. The number of halogens is 1. The highest BCUT2D eigenvalue weighted by atomic mass is 35.5. The summed E-state index contributed by atoms with van der Waals surface area (Å²) in [6.45, 7) is 0. The third-order valence-corrected chi connectivity index (χ3v) is 3.14. The highest BCUT2D eigenvalue weighted by Gasteiger charge is 2.12. The molecule has 0 aliphatic carbocycles. The Labute approximate surface area is 137 Å².